The highest BCUT2D eigenvalue weighted by molar-refractivity contribution is 7.14. The van der Waals surface area contributed by atoms with Gasteiger partial charge in [0.2, 0.25) is 0 Å². The van der Waals surface area contributed by atoms with E-state index in [2.05, 4.69) is 10.3 Å². The van der Waals surface area contributed by atoms with Gasteiger partial charge in [0.25, 0.3) is 0 Å². The minimum absolute atomic E-state index is 0.0838. The number of hydrogen-bond donors (Lipinski definition) is 2. The molecule has 0 unspecified atom stereocenters. The van der Waals surface area contributed by atoms with Gasteiger partial charge in [0.15, 0.2) is 10.8 Å². The van der Waals surface area contributed by atoms with Crippen LogP contribution in [0.3, 0.4) is 0 Å². The molecule has 0 saturated heterocycles. The monoisotopic (exact) mass is 272 g/mol. The number of anilines is 2. The highest BCUT2D eigenvalue weighted by Gasteiger charge is 2.12. The van der Waals surface area contributed by atoms with Crippen molar-refractivity contribution >= 4 is 39.7 Å². The van der Waals surface area contributed by atoms with Gasteiger partial charge in [-0.2, -0.15) is 0 Å². The summed E-state index contributed by atoms with van der Waals surface area (Å²) in [4.78, 5) is 14.4. The van der Waals surface area contributed by atoms with Crippen molar-refractivity contribution in [2.24, 2.45) is 0 Å². The molecule has 0 atom stereocenters. The first-order valence-corrected chi connectivity index (χ1v) is 5.73. The van der Waals surface area contributed by atoms with Crippen molar-refractivity contribution in [3.63, 3.8) is 0 Å². The molecule has 7 heteroatoms. The van der Waals surface area contributed by atoms with Crippen molar-refractivity contribution in [2.75, 3.05) is 5.32 Å². The molecule has 17 heavy (non-hydrogen) atoms. The van der Waals surface area contributed by atoms with E-state index >= 15 is 0 Å². The van der Waals surface area contributed by atoms with Gasteiger partial charge < -0.3 is 10.4 Å². The number of rotatable bonds is 3. The predicted octanol–water partition coefficient (Wildman–Crippen LogP) is 3.38. The summed E-state index contributed by atoms with van der Waals surface area (Å²) in [6, 6.07) is 4.26. The van der Waals surface area contributed by atoms with Crippen LogP contribution in [0.2, 0.25) is 5.02 Å². The van der Waals surface area contributed by atoms with Crippen LogP contribution >= 0.6 is 22.9 Å². The van der Waals surface area contributed by atoms with Crippen molar-refractivity contribution < 1.29 is 14.3 Å². The van der Waals surface area contributed by atoms with Gasteiger partial charge in [-0.3, -0.25) is 0 Å². The zero-order chi connectivity index (χ0) is 12.4. The highest BCUT2D eigenvalue weighted by Crippen LogP contribution is 2.29. The lowest BCUT2D eigenvalue weighted by Crippen LogP contribution is -1.98. The fourth-order valence-corrected chi connectivity index (χ4v) is 2.05. The van der Waals surface area contributed by atoms with Gasteiger partial charge in [0.05, 0.1) is 10.7 Å². The molecular formula is C10H6ClFN2O2S. The summed E-state index contributed by atoms with van der Waals surface area (Å²) in [5.74, 6) is -1.65. The van der Waals surface area contributed by atoms with Gasteiger partial charge in [0.1, 0.15) is 5.82 Å². The Kier molecular flexibility index (Phi) is 3.26. The number of carboxylic acids is 1. The molecule has 0 aliphatic heterocycles. The lowest BCUT2D eigenvalue weighted by Gasteiger charge is -2.05. The maximum Gasteiger partial charge on any atom is 0.355 e. The fourth-order valence-electron chi connectivity index (χ4n) is 1.15. The van der Waals surface area contributed by atoms with E-state index in [0.717, 1.165) is 11.3 Å². The van der Waals surface area contributed by atoms with Crippen LogP contribution in [0.5, 0.6) is 0 Å². The molecular weight excluding hydrogens is 267 g/mol. The quantitative estimate of drug-likeness (QED) is 0.899. The molecule has 0 radical (unpaired) electrons. The van der Waals surface area contributed by atoms with Crippen LogP contribution in [-0.4, -0.2) is 16.1 Å². The molecule has 0 amide bonds. The Morgan fingerprint density at radius 2 is 2.29 bits per heavy atom. The average molecular weight is 273 g/mol. The molecule has 0 bridgehead atoms. The number of aromatic carboxylic acids is 1. The molecule has 0 aliphatic rings. The number of aromatic nitrogens is 1. The predicted molar refractivity (Wildman–Crippen MR) is 63.8 cm³/mol. The number of carboxylic acid groups (broad SMARTS) is 1. The summed E-state index contributed by atoms with van der Waals surface area (Å²) in [5.41, 5.74) is -0.00887. The topological polar surface area (TPSA) is 62.2 Å². The zero-order valence-corrected chi connectivity index (χ0v) is 9.85. The summed E-state index contributed by atoms with van der Waals surface area (Å²) >= 11 is 6.87. The molecule has 2 aromatic rings. The van der Waals surface area contributed by atoms with E-state index in [1.54, 1.807) is 0 Å². The fraction of sp³-hybridized carbons (Fsp3) is 0. The van der Waals surface area contributed by atoms with E-state index < -0.39 is 11.8 Å². The summed E-state index contributed by atoms with van der Waals surface area (Å²) in [7, 11) is 0. The van der Waals surface area contributed by atoms with Crippen LogP contribution in [-0.2, 0) is 0 Å². The summed E-state index contributed by atoms with van der Waals surface area (Å²) in [5, 5.41) is 13.2. The number of para-hydroxylation sites is 1. The number of carbonyl (C=O) groups is 1. The third-order valence-electron chi connectivity index (χ3n) is 1.92. The number of halogens is 2. The largest absolute Gasteiger partial charge is 0.476 e. The summed E-state index contributed by atoms with van der Waals surface area (Å²) in [6.07, 6.45) is 0. The van der Waals surface area contributed by atoms with Crippen LogP contribution in [0.1, 0.15) is 10.5 Å². The van der Waals surface area contributed by atoms with Crippen molar-refractivity contribution in [3.05, 3.63) is 40.1 Å². The Bertz CT molecular complexity index is 553. The Morgan fingerprint density at radius 1 is 1.53 bits per heavy atom. The minimum atomic E-state index is -1.13. The van der Waals surface area contributed by atoms with Crippen LogP contribution in [0.15, 0.2) is 23.6 Å². The Balaban J connectivity index is 2.28. The second-order valence-electron chi connectivity index (χ2n) is 3.06. The maximum atomic E-state index is 13.4. The number of nitrogens with one attached hydrogen (secondary N) is 1. The van der Waals surface area contributed by atoms with Crippen molar-refractivity contribution in [1.29, 1.82) is 0 Å². The van der Waals surface area contributed by atoms with E-state index in [1.165, 1.54) is 23.6 Å². The molecule has 88 valence electrons. The normalized spacial score (nSPS) is 10.2. The number of hydrogen-bond acceptors (Lipinski definition) is 4. The standard InChI is InChI=1S/C10H6ClFN2O2S/c11-5-2-1-3-6(12)8(5)14-10-13-7(4-17-10)9(15)16/h1-4H,(H,13,14)(H,15,16). The molecule has 2 rings (SSSR count). The van der Waals surface area contributed by atoms with E-state index in [-0.39, 0.29) is 21.5 Å². The van der Waals surface area contributed by atoms with Gasteiger partial charge in [-0.25, -0.2) is 14.2 Å². The number of thiazole rings is 1. The third kappa shape index (κ3) is 2.54. The number of benzene rings is 1. The van der Waals surface area contributed by atoms with E-state index in [1.807, 2.05) is 0 Å². The van der Waals surface area contributed by atoms with Crippen molar-refractivity contribution in [1.82, 2.24) is 4.98 Å². The Morgan fingerprint density at radius 3 is 2.88 bits per heavy atom. The van der Waals surface area contributed by atoms with E-state index in [0.29, 0.717) is 0 Å². The van der Waals surface area contributed by atoms with E-state index in [9.17, 15) is 9.18 Å². The third-order valence-corrected chi connectivity index (χ3v) is 2.99. The lowest BCUT2D eigenvalue weighted by atomic mass is 10.3. The highest BCUT2D eigenvalue weighted by atomic mass is 35.5. The Hall–Kier alpha value is -1.66. The van der Waals surface area contributed by atoms with Gasteiger partial charge >= 0.3 is 5.97 Å². The van der Waals surface area contributed by atoms with Crippen LogP contribution < -0.4 is 5.32 Å². The van der Waals surface area contributed by atoms with Crippen LogP contribution in [0, 0.1) is 5.82 Å². The molecule has 1 heterocycles. The second-order valence-corrected chi connectivity index (χ2v) is 4.33. The first-order valence-electron chi connectivity index (χ1n) is 4.48. The number of nitrogens with zero attached hydrogens (tertiary/aromatic N) is 1. The molecule has 4 nitrogen and oxygen atoms in total. The molecule has 1 aromatic carbocycles. The first kappa shape index (κ1) is 11.8. The van der Waals surface area contributed by atoms with Crippen LogP contribution in [0.25, 0.3) is 0 Å². The smallest absolute Gasteiger partial charge is 0.355 e. The minimum Gasteiger partial charge on any atom is -0.476 e. The van der Waals surface area contributed by atoms with Gasteiger partial charge in [-0.1, -0.05) is 17.7 Å². The van der Waals surface area contributed by atoms with Crippen LogP contribution in [0.4, 0.5) is 15.2 Å². The summed E-state index contributed by atoms with van der Waals surface area (Å²) in [6.45, 7) is 0. The van der Waals surface area contributed by atoms with Crippen molar-refractivity contribution in [2.45, 2.75) is 0 Å². The van der Waals surface area contributed by atoms with Gasteiger partial charge in [0, 0.05) is 5.38 Å². The maximum absolute atomic E-state index is 13.4. The summed E-state index contributed by atoms with van der Waals surface area (Å²) < 4.78 is 13.4. The Labute approximate surface area is 105 Å². The molecule has 0 fully saturated rings. The molecule has 0 spiro atoms. The van der Waals surface area contributed by atoms with Crippen molar-refractivity contribution in [3.8, 4) is 0 Å². The second kappa shape index (κ2) is 4.68. The molecule has 1 aromatic heterocycles. The molecule has 0 aliphatic carbocycles. The SMILES string of the molecule is O=C(O)c1csc(Nc2c(F)cccc2Cl)n1. The average Bonchev–Trinajstić information content (AvgIpc) is 2.72. The van der Waals surface area contributed by atoms with E-state index in [4.69, 9.17) is 16.7 Å². The van der Waals surface area contributed by atoms with Gasteiger partial charge in [-0.15, -0.1) is 11.3 Å². The zero-order valence-electron chi connectivity index (χ0n) is 8.28. The lowest BCUT2D eigenvalue weighted by molar-refractivity contribution is 0.0691. The molecule has 0 saturated carbocycles. The first-order chi connectivity index (χ1) is 8.08. The molecule has 2 N–H and O–H groups in total. The van der Waals surface area contributed by atoms with Gasteiger partial charge in [-0.05, 0) is 12.1 Å².